The summed E-state index contributed by atoms with van der Waals surface area (Å²) >= 11 is 6.39. The summed E-state index contributed by atoms with van der Waals surface area (Å²) < 4.78 is 46.1. The zero-order valence-corrected chi connectivity index (χ0v) is 19.5. The predicted octanol–water partition coefficient (Wildman–Crippen LogP) is 2.64. The number of aliphatic hydroxyl groups excluding tert-OH is 1. The Labute approximate surface area is 199 Å². The molecule has 0 unspecified atom stereocenters. The van der Waals surface area contributed by atoms with Gasteiger partial charge in [0.2, 0.25) is 0 Å². The van der Waals surface area contributed by atoms with E-state index in [2.05, 4.69) is 15.0 Å². The van der Waals surface area contributed by atoms with Crippen molar-refractivity contribution in [2.75, 3.05) is 27.3 Å². The molecule has 0 amide bonds. The summed E-state index contributed by atoms with van der Waals surface area (Å²) in [5.41, 5.74) is 1.99. The zero-order chi connectivity index (χ0) is 24.0. The molecule has 2 N–H and O–H groups in total. The van der Waals surface area contributed by atoms with Gasteiger partial charge in [-0.2, -0.15) is 4.98 Å². The van der Waals surface area contributed by atoms with E-state index in [1.165, 1.54) is 12.1 Å². The van der Waals surface area contributed by atoms with Crippen LogP contribution in [0, 0.1) is 11.6 Å². The minimum absolute atomic E-state index is 0.000980. The molecule has 2 fully saturated rings. The summed E-state index contributed by atoms with van der Waals surface area (Å²) in [6.07, 6.45) is -1.52. The van der Waals surface area contributed by atoms with E-state index in [-0.39, 0.29) is 43.7 Å². The van der Waals surface area contributed by atoms with Crippen LogP contribution in [-0.2, 0) is 28.9 Å². The number of fused-ring (bicyclic) bond motifs is 2. The largest absolute Gasteiger partial charge is 0.456 e. The number of aliphatic hydroxyl groups is 1. The van der Waals surface area contributed by atoms with Gasteiger partial charge in [0.05, 0.1) is 29.4 Å². The maximum absolute atomic E-state index is 14.5. The molecule has 8 nitrogen and oxygen atoms in total. The maximum atomic E-state index is 14.5. The van der Waals surface area contributed by atoms with E-state index in [0.29, 0.717) is 34.0 Å². The number of imidazole rings is 1. The highest BCUT2D eigenvalue weighted by Gasteiger charge is 2.48. The van der Waals surface area contributed by atoms with Gasteiger partial charge in [-0.25, -0.2) is 13.8 Å². The van der Waals surface area contributed by atoms with E-state index < -0.39 is 29.9 Å². The van der Waals surface area contributed by atoms with E-state index in [0.717, 1.165) is 0 Å². The molecule has 5 rings (SSSR count). The molecular weight excluding hydrogens is 470 g/mol. The molecule has 4 atom stereocenters. The standard InChI is InChI=1S/C23H25ClF2N4O4/c1-30(2)8-11-5-14(25)12(15(26)6-11)3-4-16-13(24)7-17-22(27-16)29-23(28-17)34-19-10-33-20-18(31)9-32-21(19)20/h5-7,18-21,31H,3-4,8-10H2,1-2H3,(H,27,28,29)/t18-,19-,20-,21-/m1/s1. The third-order valence-corrected chi connectivity index (χ3v) is 6.36. The molecule has 0 spiro atoms. The van der Waals surface area contributed by atoms with Crippen LogP contribution in [0.4, 0.5) is 8.78 Å². The molecule has 4 heterocycles. The number of aromatic nitrogens is 3. The second-order valence-corrected chi connectivity index (χ2v) is 9.33. The minimum atomic E-state index is -0.670. The summed E-state index contributed by atoms with van der Waals surface area (Å²) in [6, 6.07) is 4.61. The summed E-state index contributed by atoms with van der Waals surface area (Å²) in [5.74, 6) is -1.17. The first-order valence-electron chi connectivity index (χ1n) is 11.0. The van der Waals surface area contributed by atoms with Crippen molar-refractivity contribution in [1.82, 2.24) is 19.9 Å². The van der Waals surface area contributed by atoms with E-state index in [4.69, 9.17) is 25.8 Å². The van der Waals surface area contributed by atoms with Crippen molar-refractivity contribution >= 4 is 22.8 Å². The van der Waals surface area contributed by atoms with Gasteiger partial charge in [0, 0.05) is 12.1 Å². The fraction of sp³-hybridized carbons (Fsp3) is 0.478. The van der Waals surface area contributed by atoms with Gasteiger partial charge in [-0.05, 0) is 50.7 Å². The fourth-order valence-electron chi connectivity index (χ4n) is 4.45. The molecule has 0 radical (unpaired) electrons. The van der Waals surface area contributed by atoms with E-state index in [1.807, 2.05) is 19.0 Å². The van der Waals surface area contributed by atoms with E-state index >= 15 is 0 Å². The number of rotatable bonds is 7. The minimum Gasteiger partial charge on any atom is -0.456 e. The lowest BCUT2D eigenvalue weighted by Gasteiger charge is -2.15. The lowest BCUT2D eigenvalue weighted by molar-refractivity contribution is 0.00706. The van der Waals surface area contributed by atoms with Gasteiger partial charge in [0.1, 0.15) is 29.9 Å². The lowest BCUT2D eigenvalue weighted by atomic mass is 10.0. The Morgan fingerprint density at radius 1 is 1.12 bits per heavy atom. The lowest BCUT2D eigenvalue weighted by Crippen LogP contribution is -2.34. The Morgan fingerprint density at radius 2 is 1.85 bits per heavy atom. The number of hydrogen-bond acceptors (Lipinski definition) is 7. The van der Waals surface area contributed by atoms with E-state index in [9.17, 15) is 13.9 Å². The molecule has 3 aromatic rings. The smallest absolute Gasteiger partial charge is 0.296 e. The number of nitrogens with one attached hydrogen (secondary N) is 1. The van der Waals surface area contributed by atoms with Gasteiger partial charge in [-0.15, -0.1) is 0 Å². The van der Waals surface area contributed by atoms with Crippen LogP contribution in [0.15, 0.2) is 18.2 Å². The Balaban J connectivity index is 1.30. The van der Waals surface area contributed by atoms with Crippen molar-refractivity contribution < 1.29 is 28.1 Å². The van der Waals surface area contributed by atoms with Crippen LogP contribution in [0.2, 0.25) is 5.02 Å². The van der Waals surface area contributed by atoms with Crippen molar-refractivity contribution in [3.8, 4) is 6.01 Å². The topological polar surface area (TPSA) is 92.7 Å². The third-order valence-electron chi connectivity index (χ3n) is 6.03. The molecule has 2 aliphatic heterocycles. The van der Waals surface area contributed by atoms with E-state index in [1.54, 1.807) is 6.07 Å². The Hall–Kier alpha value is -2.37. The summed E-state index contributed by atoms with van der Waals surface area (Å²) in [4.78, 5) is 13.7. The fourth-order valence-corrected chi connectivity index (χ4v) is 4.69. The third kappa shape index (κ3) is 4.60. The van der Waals surface area contributed by atoms with Crippen molar-refractivity contribution in [3.63, 3.8) is 0 Å². The van der Waals surface area contributed by atoms with Crippen LogP contribution < -0.4 is 4.74 Å². The number of ether oxygens (including phenoxy) is 3. The number of nitrogens with zero attached hydrogens (tertiary/aromatic N) is 3. The van der Waals surface area contributed by atoms with Crippen LogP contribution in [0.5, 0.6) is 6.01 Å². The summed E-state index contributed by atoms with van der Waals surface area (Å²) in [5, 5.41) is 10.2. The van der Waals surface area contributed by atoms with Gasteiger partial charge in [0.15, 0.2) is 11.8 Å². The average Bonchev–Trinajstić information content (AvgIpc) is 3.44. The highest BCUT2D eigenvalue weighted by Crippen LogP contribution is 2.30. The number of H-pyrrole nitrogens is 1. The molecule has 11 heteroatoms. The van der Waals surface area contributed by atoms with Crippen LogP contribution in [0.1, 0.15) is 16.8 Å². The monoisotopic (exact) mass is 494 g/mol. The first-order valence-corrected chi connectivity index (χ1v) is 11.4. The Bertz CT molecular complexity index is 1180. The van der Waals surface area contributed by atoms with Crippen LogP contribution in [-0.4, -0.2) is 76.7 Å². The number of aryl methyl sites for hydroxylation is 1. The zero-order valence-electron chi connectivity index (χ0n) is 18.7. The molecule has 0 aliphatic carbocycles. The summed E-state index contributed by atoms with van der Waals surface area (Å²) in [6.45, 7) is 0.922. The molecule has 2 saturated heterocycles. The molecule has 0 bridgehead atoms. The predicted molar refractivity (Wildman–Crippen MR) is 120 cm³/mol. The number of pyridine rings is 1. The molecular formula is C23H25ClF2N4O4. The molecule has 2 aliphatic rings. The number of hydrogen-bond donors (Lipinski definition) is 2. The number of aromatic amines is 1. The van der Waals surface area contributed by atoms with Crippen molar-refractivity contribution in [1.29, 1.82) is 0 Å². The number of halogens is 3. The van der Waals surface area contributed by atoms with Crippen molar-refractivity contribution in [2.45, 2.75) is 43.8 Å². The maximum Gasteiger partial charge on any atom is 0.296 e. The second-order valence-electron chi connectivity index (χ2n) is 8.93. The molecule has 182 valence electrons. The second kappa shape index (κ2) is 9.35. The quantitative estimate of drug-likeness (QED) is 0.521. The van der Waals surface area contributed by atoms with Gasteiger partial charge in [-0.1, -0.05) is 11.6 Å². The normalized spacial score (nSPS) is 24.3. The van der Waals surface area contributed by atoms with Gasteiger partial charge < -0.3 is 29.2 Å². The first-order chi connectivity index (χ1) is 16.3. The Kier molecular flexibility index (Phi) is 6.43. The molecule has 34 heavy (non-hydrogen) atoms. The first kappa shape index (κ1) is 23.4. The number of benzene rings is 1. The van der Waals surface area contributed by atoms with Crippen LogP contribution >= 0.6 is 11.6 Å². The molecule has 2 aromatic heterocycles. The van der Waals surface area contributed by atoms with Crippen LogP contribution in [0.3, 0.4) is 0 Å². The highest BCUT2D eigenvalue weighted by molar-refractivity contribution is 6.31. The SMILES string of the molecule is CN(C)Cc1cc(F)c(CCc2nc3nc(O[C@@H]4CO[C@H]5[C@@H]4OC[C@H]5O)[nH]c3cc2Cl)c(F)c1. The van der Waals surface area contributed by atoms with Gasteiger partial charge in [-0.3, -0.25) is 0 Å². The highest BCUT2D eigenvalue weighted by atomic mass is 35.5. The van der Waals surface area contributed by atoms with Crippen molar-refractivity contribution in [2.24, 2.45) is 0 Å². The summed E-state index contributed by atoms with van der Waals surface area (Å²) in [7, 11) is 3.67. The molecule has 1 aromatic carbocycles. The average molecular weight is 495 g/mol. The van der Waals surface area contributed by atoms with Crippen molar-refractivity contribution in [3.05, 3.63) is 51.7 Å². The van der Waals surface area contributed by atoms with Crippen LogP contribution in [0.25, 0.3) is 11.2 Å². The van der Waals surface area contributed by atoms with Gasteiger partial charge in [0.25, 0.3) is 6.01 Å². The van der Waals surface area contributed by atoms with Gasteiger partial charge >= 0.3 is 0 Å². The Morgan fingerprint density at radius 3 is 2.59 bits per heavy atom. The molecule has 0 saturated carbocycles.